The highest BCUT2D eigenvalue weighted by molar-refractivity contribution is 5.72. The van der Waals surface area contributed by atoms with Crippen LogP contribution in [0, 0.1) is 5.82 Å². The van der Waals surface area contributed by atoms with Gasteiger partial charge in [0.15, 0.2) is 0 Å². The first-order valence-electron chi connectivity index (χ1n) is 3.91. The highest BCUT2D eigenvalue weighted by Gasteiger charge is 2.05. The van der Waals surface area contributed by atoms with Crippen molar-refractivity contribution in [3.05, 3.63) is 35.6 Å². The second kappa shape index (κ2) is 3.89. The first-order chi connectivity index (χ1) is 6.09. The van der Waals surface area contributed by atoms with E-state index in [-0.39, 0.29) is 11.9 Å². The number of halogens is 1. The summed E-state index contributed by atoms with van der Waals surface area (Å²) in [5.41, 5.74) is 5.76. The fraction of sp³-hybridized carbons (Fsp3) is 0.222. The summed E-state index contributed by atoms with van der Waals surface area (Å²) in [4.78, 5) is 10.5. The van der Waals surface area contributed by atoms with E-state index in [9.17, 15) is 9.18 Å². The Hall–Kier alpha value is -1.58. The monoisotopic (exact) mass is 182 g/mol. The molecule has 0 saturated carbocycles. The maximum absolute atomic E-state index is 12.5. The van der Waals surface area contributed by atoms with Gasteiger partial charge in [-0.2, -0.15) is 0 Å². The molecule has 0 spiro atoms. The Morgan fingerprint density at radius 1 is 1.46 bits per heavy atom. The number of nitrogens with two attached hydrogens (primary N) is 1. The largest absolute Gasteiger partial charge is 0.352 e. The standard InChI is InChI=1S/C9H11FN2O/c1-6(12-9(11)13)7-2-4-8(10)5-3-7/h2-6H,1H3,(H3,11,12,13). The Labute approximate surface area is 75.7 Å². The van der Waals surface area contributed by atoms with Gasteiger partial charge in [0.2, 0.25) is 0 Å². The van der Waals surface area contributed by atoms with Gasteiger partial charge in [-0.25, -0.2) is 9.18 Å². The molecule has 0 bridgehead atoms. The summed E-state index contributed by atoms with van der Waals surface area (Å²) in [5.74, 6) is -0.296. The van der Waals surface area contributed by atoms with E-state index in [0.29, 0.717) is 0 Å². The Balaban J connectivity index is 2.71. The third kappa shape index (κ3) is 2.74. The van der Waals surface area contributed by atoms with Gasteiger partial charge in [0.25, 0.3) is 0 Å². The summed E-state index contributed by atoms with van der Waals surface area (Å²) in [6.07, 6.45) is 0. The van der Waals surface area contributed by atoms with E-state index in [0.717, 1.165) is 5.56 Å². The van der Waals surface area contributed by atoms with Crippen LogP contribution in [0.25, 0.3) is 0 Å². The average Bonchev–Trinajstić information content (AvgIpc) is 2.04. The van der Waals surface area contributed by atoms with E-state index in [1.54, 1.807) is 19.1 Å². The highest BCUT2D eigenvalue weighted by atomic mass is 19.1. The van der Waals surface area contributed by atoms with Crippen LogP contribution < -0.4 is 11.1 Å². The molecule has 3 nitrogen and oxygen atoms in total. The summed E-state index contributed by atoms with van der Waals surface area (Å²) >= 11 is 0. The fourth-order valence-corrected chi connectivity index (χ4v) is 1.05. The van der Waals surface area contributed by atoms with Gasteiger partial charge in [0, 0.05) is 0 Å². The van der Waals surface area contributed by atoms with E-state index in [2.05, 4.69) is 5.32 Å². The third-order valence-corrected chi connectivity index (χ3v) is 1.73. The summed E-state index contributed by atoms with van der Waals surface area (Å²) < 4.78 is 12.5. The molecule has 0 aliphatic heterocycles. The number of primary amides is 1. The lowest BCUT2D eigenvalue weighted by molar-refractivity contribution is 0.246. The molecule has 3 N–H and O–H groups in total. The summed E-state index contributed by atoms with van der Waals surface area (Å²) in [7, 11) is 0. The van der Waals surface area contributed by atoms with Crippen LogP contribution in [-0.4, -0.2) is 6.03 Å². The van der Waals surface area contributed by atoms with Crippen molar-refractivity contribution in [1.82, 2.24) is 5.32 Å². The smallest absolute Gasteiger partial charge is 0.312 e. The molecule has 0 saturated heterocycles. The first kappa shape index (κ1) is 9.51. The second-order valence-corrected chi connectivity index (χ2v) is 2.78. The molecule has 0 heterocycles. The van der Waals surface area contributed by atoms with Gasteiger partial charge in [-0.1, -0.05) is 12.1 Å². The summed E-state index contributed by atoms with van der Waals surface area (Å²) in [6.45, 7) is 1.78. The molecule has 0 aromatic heterocycles. The fourth-order valence-electron chi connectivity index (χ4n) is 1.05. The first-order valence-corrected chi connectivity index (χ1v) is 3.91. The molecule has 0 fully saturated rings. The minimum absolute atomic E-state index is 0.196. The molecule has 0 aliphatic rings. The van der Waals surface area contributed by atoms with Crippen LogP contribution in [0.1, 0.15) is 18.5 Å². The van der Waals surface area contributed by atoms with Crippen molar-refractivity contribution < 1.29 is 9.18 Å². The lowest BCUT2D eigenvalue weighted by Gasteiger charge is -2.11. The normalized spacial score (nSPS) is 12.2. The number of benzene rings is 1. The molecule has 0 radical (unpaired) electrons. The molecule has 1 aromatic carbocycles. The number of amides is 2. The molecule has 1 atom stereocenters. The number of rotatable bonds is 2. The Morgan fingerprint density at radius 2 is 2.00 bits per heavy atom. The van der Waals surface area contributed by atoms with E-state index in [1.165, 1.54) is 12.1 Å². The van der Waals surface area contributed by atoms with E-state index in [1.807, 2.05) is 0 Å². The van der Waals surface area contributed by atoms with Crippen LogP contribution in [0.4, 0.5) is 9.18 Å². The number of hydrogen-bond donors (Lipinski definition) is 2. The van der Waals surface area contributed by atoms with Crippen LogP contribution in [0.3, 0.4) is 0 Å². The molecule has 2 amide bonds. The zero-order chi connectivity index (χ0) is 9.84. The SMILES string of the molecule is CC(NC(N)=O)c1ccc(F)cc1. The van der Waals surface area contributed by atoms with Gasteiger partial charge in [-0.15, -0.1) is 0 Å². The van der Waals surface area contributed by atoms with Crippen molar-refractivity contribution in [2.75, 3.05) is 0 Å². The molecule has 1 rings (SSSR count). The van der Waals surface area contributed by atoms with Crippen LogP contribution in [0.2, 0.25) is 0 Å². The molecular formula is C9H11FN2O. The Kier molecular flexibility index (Phi) is 2.84. The van der Waals surface area contributed by atoms with Gasteiger partial charge in [-0.3, -0.25) is 0 Å². The van der Waals surface area contributed by atoms with Gasteiger partial charge in [-0.05, 0) is 24.6 Å². The number of carbonyl (C=O) groups excluding carboxylic acids is 1. The van der Waals surface area contributed by atoms with Crippen LogP contribution in [0.5, 0.6) is 0 Å². The molecule has 4 heteroatoms. The highest BCUT2D eigenvalue weighted by Crippen LogP contribution is 2.11. The van der Waals surface area contributed by atoms with Crippen LogP contribution >= 0.6 is 0 Å². The zero-order valence-electron chi connectivity index (χ0n) is 7.25. The van der Waals surface area contributed by atoms with Crippen molar-refractivity contribution in [3.63, 3.8) is 0 Å². The van der Waals surface area contributed by atoms with Crippen molar-refractivity contribution in [1.29, 1.82) is 0 Å². The maximum Gasteiger partial charge on any atom is 0.312 e. The average molecular weight is 182 g/mol. The molecule has 1 aromatic rings. The number of urea groups is 1. The summed E-state index contributed by atoms with van der Waals surface area (Å²) in [6, 6.07) is 5.12. The number of hydrogen-bond acceptors (Lipinski definition) is 1. The zero-order valence-corrected chi connectivity index (χ0v) is 7.25. The van der Waals surface area contributed by atoms with E-state index >= 15 is 0 Å². The van der Waals surface area contributed by atoms with Crippen molar-refractivity contribution in [2.24, 2.45) is 5.73 Å². The van der Waals surface area contributed by atoms with Gasteiger partial charge in [0.05, 0.1) is 6.04 Å². The van der Waals surface area contributed by atoms with E-state index < -0.39 is 6.03 Å². The Morgan fingerprint density at radius 3 is 2.46 bits per heavy atom. The predicted molar refractivity (Wildman–Crippen MR) is 47.5 cm³/mol. The quantitative estimate of drug-likeness (QED) is 0.716. The van der Waals surface area contributed by atoms with Crippen LogP contribution in [0.15, 0.2) is 24.3 Å². The minimum atomic E-state index is -0.586. The van der Waals surface area contributed by atoms with Crippen molar-refractivity contribution >= 4 is 6.03 Å². The minimum Gasteiger partial charge on any atom is -0.352 e. The predicted octanol–water partition coefficient (Wildman–Crippen LogP) is 1.56. The summed E-state index contributed by atoms with van der Waals surface area (Å²) in [5, 5.41) is 2.49. The molecule has 13 heavy (non-hydrogen) atoms. The lowest BCUT2D eigenvalue weighted by atomic mass is 10.1. The topological polar surface area (TPSA) is 55.1 Å². The molecule has 1 unspecified atom stereocenters. The molecule has 70 valence electrons. The van der Waals surface area contributed by atoms with Gasteiger partial charge < -0.3 is 11.1 Å². The number of carbonyl (C=O) groups is 1. The van der Waals surface area contributed by atoms with E-state index in [4.69, 9.17) is 5.73 Å². The Bertz CT molecular complexity index is 297. The lowest BCUT2D eigenvalue weighted by Crippen LogP contribution is -2.31. The maximum atomic E-state index is 12.5. The number of nitrogens with one attached hydrogen (secondary N) is 1. The van der Waals surface area contributed by atoms with Gasteiger partial charge >= 0.3 is 6.03 Å². The second-order valence-electron chi connectivity index (χ2n) is 2.78. The van der Waals surface area contributed by atoms with Crippen molar-refractivity contribution in [2.45, 2.75) is 13.0 Å². The van der Waals surface area contributed by atoms with Gasteiger partial charge in [0.1, 0.15) is 5.82 Å². The van der Waals surface area contributed by atoms with Crippen molar-refractivity contribution in [3.8, 4) is 0 Å². The third-order valence-electron chi connectivity index (χ3n) is 1.73. The van der Waals surface area contributed by atoms with Crippen LogP contribution in [-0.2, 0) is 0 Å². The molecule has 0 aliphatic carbocycles. The molecular weight excluding hydrogens is 171 g/mol.